The van der Waals surface area contributed by atoms with Gasteiger partial charge < -0.3 is 0 Å². The molecule has 16 heavy (non-hydrogen) atoms. The van der Waals surface area contributed by atoms with Crippen molar-refractivity contribution in [2.24, 2.45) is 10.4 Å². The van der Waals surface area contributed by atoms with Crippen LogP contribution in [0.4, 0.5) is 0 Å². The van der Waals surface area contributed by atoms with E-state index < -0.39 is 11.8 Å². The number of hydrogen-bond donors (Lipinski definition) is 2. The van der Waals surface area contributed by atoms with E-state index in [1.165, 1.54) is 0 Å². The average molecular weight is 223 g/mol. The molecule has 1 saturated heterocycles. The minimum Gasteiger partial charge on any atom is -0.288 e. The van der Waals surface area contributed by atoms with Crippen LogP contribution in [-0.2, 0) is 9.59 Å². The molecule has 88 valence electrons. The van der Waals surface area contributed by atoms with Crippen molar-refractivity contribution in [3.8, 4) is 0 Å². The number of nitrogens with zero attached hydrogens (tertiary/aromatic N) is 1. The molecule has 2 aliphatic rings. The summed E-state index contributed by atoms with van der Waals surface area (Å²) in [6, 6.07) is 0.224. The van der Waals surface area contributed by atoms with E-state index in [4.69, 9.17) is 0 Å². The molecule has 0 radical (unpaired) electrons. The first-order chi connectivity index (χ1) is 7.46. The Kier molecular flexibility index (Phi) is 2.69. The summed E-state index contributed by atoms with van der Waals surface area (Å²) >= 11 is 0. The summed E-state index contributed by atoms with van der Waals surface area (Å²) in [5.41, 5.74) is 0.402. The van der Waals surface area contributed by atoms with Gasteiger partial charge in [0.05, 0.1) is 6.04 Å². The zero-order valence-electron chi connectivity index (χ0n) is 9.67. The van der Waals surface area contributed by atoms with E-state index in [1.807, 2.05) is 0 Å². The fourth-order valence-electron chi connectivity index (χ4n) is 2.12. The summed E-state index contributed by atoms with van der Waals surface area (Å²) in [4.78, 5) is 26.2. The second-order valence-corrected chi connectivity index (χ2v) is 5.28. The third kappa shape index (κ3) is 2.40. The lowest BCUT2D eigenvalue weighted by atomic mass is 9.76. The Morgan fingerprint density at radius 1 is 1.12 bits per heavy atom. The van der Waals surface area contributed by atoms with E-state index in [1.54, 1.807) is 0 Å². The molecule has 5 heteroatoms. The molecule has 1 aliphatic carbocycles. The van der Waals surface area contributed by atoms with Crippen LogP contribution in [-0.4, -0.2) is 23.8 Å². The van der Waals surface area contributed by atoms with E-state index in [0.29, 0.717) is 11.4 Å². The molecule has 0 unspecified atom stereocenters. The Hall–Kier alpha value is -1.39. The molecule has 1 saturated carbocycles. The van der Waals surface area contributed by atoms with Crippen molar-refractivity contribution >= 4 is 17.8 Å². The van der Waals surface area contributed by atoms with E-state index >= 15 is 0 Å². The zero-order chi connectivity index (χ0) is 11.8. The lowest BCUT2D eigenvalue weighted by Crippen LogP contribution is -2.30. The van der Waals surface area contributed by atoms with Gasteiger partial charge in [0.2, 0.25) is 5.96 Å². The van der Waals surface area contributed by atoms with Crippen LogP contribution >= 0.6 is 0 Å². The maximum Gasteiger partial charge on any atom is 0.316 e. The molecule has 2 rings (SSSR count). The fraction of sp³-hybridized carbons (Fsp3) is 0.727. The summed E-state index contributed by atoms with van der Waals surface area (Å²) in [5.74, 6) is -0.913. The predicted molar refractivity (Wildman–Crippen MR) is 59.8 cm³/mol. The van der Waals surface area contributed by atoms with Gasteiger partial charge in [0, 0.05) is 0 Å². The summed E-state index contributed by atoms with van der Waals surface area (Å²) in [6.07, 6.45) is 4.30. The molecular weight excluding hydrogens is 206 g/mol. The van der Waals surface area contributed by atoms with Crippen LogP contribution in [0, 0.1) is 5.41 Å². The van der Waals surface area contributed by atoms with Gasteiger partial charge in [-0.1, -0.05) is 13.8 Å². The van der Waals surface area contributed by atoms with Crippen LogP contribution in [0.15, 0.2) is 4.99 Å². The normalized spacial score (nSPS) is 25.2. The van der Waals surface area contributed by atoms with Crippen molar-refractivity contribution in [1.82, 2.24) is 10.6 Å². The minimum atomic E-state index is -0.616. The molecule has 2 amide bonds. The zero-order valence-corrected chi connectivity index (χ0v) is 9.67. The quantitative estimate of drug-likeness (QED) is 0.637. The third-order valence-electron chi connectivity index (χ3n) is 3.29. The summed E-state index contributed by atoms with van der Waals surface area (Å²) in [7, 11) is 0. The standard InChI is InChI=1S/C11H17N3O2/c1-11(2)5-3-7(4-6-11)12-10-13-8(15)9(16)14-10/h7H,3-6H2,1-2H3,(H2,12,13,14,15,16). The van der Waals surface area contributed by atoms with Crippen LogP contribution in [0.3, 0.4) is 0 Å². The topological polar surface area (TPSA) is 70.6 Å². The largest absolute Gasteiger partial charge is 0.316 e. The Labute approximate surface area is 94.7 Å². The van der Waals surface area contributed by atoms with Gasteiger partial charge in [0.15, 0.2) is 0 Å². The van der Waals surface area contributed by atoms with Crippen molar-refractivity contribution in [3.63, 3.8) is 0 Å². The van der Waals surface area contributed by atoms with Gasteiger partial charge in [0.1, 0.15) is 0 Å². The van der Waals surface area contributed by atoms with Crippen LogP contribution in [0.2, 0.25) is 0 Å². The number of aliphatic imine (C=N–C) groups is 1. The Morgan fingerprint density at radius 3 is 2.12 bits per heavy atom. The lowest BCUT2D eigenvalue weighted by molar-refractivity contribution is -0.135. The molecule has 2 fully saturated rings. The van der Waals surface area contributed by atoms with Crippen LogP contribution in [0.5, 0.6) is 0 Å². The highest BCUT2D eigenvalue weighted by atomic mass is 16.2. The summed E-state index contributed by atoms with van der Waals surface area (Å²) in [6.45, 7) is 4.52. The first kappa shape index (κ1) is 11.1. The first-order valence-corrected chi connectivity index (χ1v) is 5.66. The maximum atomic E-state index is 10.9. The molecule has 0 aromatic heterocycles. The Morgan fingerprint density at radius 2 is 1.62 bits per heavy atom. The molecule has 0 aromatic carbocycles. The summed E-state index contributed by atoms with van der Waals surface area (Å²) < 4.78 is 0. The Bertz CT molecular complexity index is 332. The predicted octanol–water partition coefficient (Wildman–Crippen LogP) is 0.557. The van der Waals surface area contributed by atoms with Crippen molar-refractivity contribution in [1.29, 1.82) is 0 Å². The second-order valence-electron chi connectivity index (χ2n) is 5.28. The van der Waals surface area contributed by atoms with E-state index in [-0.39, 0.29) is 6.04 Å². The number of hydrogen-bond acceptors (Lipinski definition) is 3. The summed E-state index contributed by atoms with van der Waals surface area (Å²) in [5, 5.41) is 4.84. The molecule has 0 aromatic rings. The van der Waals surface area contributed by atoms with E-state index in [0.717, 1.165) is 25.7 Å². The van der Waals surface area contributed by atoms with Gasteiger partial charge >= 0.3 is 11.8 Å². The molecule has 1 aliphatic heterocycles. The van der Waals surface area contributed by atoms with Crippen molar-refractivity contribution in [2.45, 2.75) is 45.6 Å². The lowest BCUT2D eigenvalue weighted by Gasteiger charge is -2.32. The molecule has 0 atom stereocenters. The number of guanidine groups is 1. The SMILES string of the molecule is CC1(C)CCC(N=C2NC(=O)C(=O)N2)CC1. The van der Waals surface area contributed by atoms with Crippen molar-refractivity contribution in [3.05, 3.63) is 0 Å². The second kappa shape index (κ2) is 3.88. The molecule has 1 heterocycles. The van der Waals surface area contributed by atoms with Crippen LogP contribution in [0.1, 0.15) is 39.5 Å². The Balaban J connectivity index is 1.94. The number of rotatable bonds is 1. The maximum absolute atomic E-state index is 10.9. The number of amides is 2. The van der Waals surface area contributed by atoms with Gasteiger partial charge in [-0.25, -0.2) is 4.99 Å². The van der Waals surface area contributed by atoms with Crippen LogP contribution < -0.4 is 10.6 Å². The van der Waals surface area contributed by atoms with Gasteiger partial charge in [-0.2, -0.15) is 0 Å². The monoisotopic (exact) mass is 223 g/mol. The fourth-order valence-corrected chi connectivity index (χ4v) is 2.12. The highest BCUT2D eigenvalue weighted by Crippen LogP contribution is 2.36. The highest BCUT2D eigenvalue weighted by Gasteiger charge is 2.29. The van der Waals surface area contributed by atoms with E-state index in [2.05, 4.69) is 29.5 Å². The van der Waals surface area contributed by atoms with Gasteiger partial charge in [-0.15, -0.1) is 0 Å². The molecule has 0 bridgehead atoms. The molecule has 0 spiro atoms. The smallest absolute Gasteiger partial charge is 0.288 e. The van der Waals surface area contributed by atoms with Gasteiger partial charge in [-0.05, 0) is 31.1 Å². The van der Waals surface area contributed by atoms with Crippen LogP contribution in [0.25, 0.3) is 0 Å². The van der Waals surface area contributed by atoms with Gasteiger partial charge in [-0.3, -0.25) is 20.2 Å². The minimum absolute atomic E-state index is 0.224. The van der Waals surface area contributed by atoms with Crippen molar-refractivity contribution < 1.29 is 9.59 Å². The number of carbonyl (C=O) groups is 2. The average Bonchev–Trinajstić information content (AvgIpc) is 2.50. The number of nitrogens with one attached hydrogen (secondary N) is 2. The highest BCUT2D eigenvalue weighted by molar-refractivity contribution is 6.45. The third-order valence-corrected chi connectivity index (χ3v) is 3.29. The first-order valence-electron chi connectivity index (χ1n) is 5.66. The molecular formula is C11H17N3O2. The van der Waals surface area contributed by atoms with Gasteiger partial charge in [0.25, 0.3) is 0 Å². The molecule has 5 nitrogen and oxygen atoms in total. The number of carbonyl (C=O) groups excluding carboxylic acids is 2. The molecule has 2 N–H and O–H groups in total. The van der Waals surface area contributed by atoms with E-state index in [9.17, 15) is 9.59 Å². The van der Waals surface area contributed by atoms with Crippen molar-refractivity contribution in [2.75, 3.05) is 0 Å².